The highest BCUT2D eigenvalue weighted by Gasteiger charge is 2.12. The van der Waals surface area contributed by atoms with Gasteiger partial charge in [-0.1, -0.05) is 184 Å². The number of carbonyl (C=O) groups is 1. The lowest BCUT2D eigenvalue weighted by Crippen LogP contribution is -2.09. The molecule has 49 heavy (non-hydrogen) atoms. The van der Waals surface area contributed by atoms with E-state index in [2.05, 4.69) is 45.0 Å². The molecule has 0 N–H and O–H groups in total. The van der Waals surface area contributed by atoms with Gasteiger partial charge < -0.3 is 9.47 Å². The lowest BCUT2D eigenvalue weighted by molar-refractivity contribution is 0.0626. The van der Waals surface area contributed by atoms with Crippen LogP contribution in [-0.4, -0.2) is 12.6 Å². The fourth-order valence-corrected chi connectivity index (χ4v) is 6.57. The van der Waals surface area contributed by atoms with E-state index in [1.807, 2.05) is 48.5 Å². The van der Waals surface area contributed by atoms with Crippen LogP contribution in [0.1, 0.15) is 183 Å². The van der Waals surface area contributed by atoms with Gasteiger partial charge in [-0.05, 0) is 72.7 Å². The Morgan fingerprint density at radius 3 is 1.43 bits per heavy atom. The number of carbonyl (C=O) groups excluding carboxylic acids is 1. The van der Waals surface area contributed by atoms with Crippen molar-refractivity contribution in [2.45, 2.75) is 168 Å². The maximum Gasteiger partial charge on any atom is 0.343 e. The van der Waals surface area contributed by atoms with E-state index in [9.17, 15) is 4.79 Å². The van der Waals surface area contributed by atoms with E-state index in [1.54, 1.807) is 0 Å². The first-order valence-electron chi connectivity index (χ1n) is 20.2. The number of rotatable bonds is 28. The SMILES string of the molecule is CCCCCCCCCCCCCCCCCCOC(C)c1ccc(C(=O)Oc2ccc(-c3ccc(CCCCCCC)cc3)cc2)cc1. The van der Waals surface area contributed by atoms with E-state index in [0.717, 1.165) is 30.6 Å². The summed E-state index contributed by atoms with van der Waals surface area (Å²) in [5, 5.41) is 0. The predicted octanol–water partition coefficient (Wildman–Crippen LogP) is 14.4. The smallest absolute Gasteiger partial charge is 0.343 e. The van der Waals surface area contributed by atoms with Crippen LogP contribution in [0, 0.1) is 0 Å². The molecule has 0 bridgehead atoms. The number of unbranched alkanes of at least 4 members (excludes halogenated alkanes) is 19. The fourth-order valence-electron chi connectivity index (χ4n) is 6.57. The van der Waals surface area contributed by atoms with Crippen molar-refractivity contribution in [2.75, 3.05) is 6.61 Å². The van der Waals surface area contributed by atoms with Crippen LogP contribution in [0.2, 0.25) is 0 Å². The van der Waals surface area contributed by atoms with E-state index in [-0.39, 0.29) is 12.1 Å². The zero-order chi connectivity index (χ0) is 34.8. The summed E-state index contributed by atoms with van der Waals surface area (Å²) >= 11 is 0. The van der Waals surface area contributed by atoms with Gasteiger partial charge in [0.05, 0.1) is 11.7 Å². The topological polar surface area (TPSA) is 35.5 Å². The van der Waals surface area contributed by atoms with Crippen LogP contribution in [0.15, 0.2) is 72.8 Å². The van der Waals surface area contributed by atoms with Crippen molar-refractivity contribution in [3.63, 3.8) is 0 Å². The van der Waals surface area contributed by atoms with Gasteiger partial charge >= 0.3 is 5.97 Å². The summed E-state index contributed by atoms with van der Waals surface area (Å²) < 4.78 is 11.8. The number of esters is 1. The quantitative estimate of drug-likeness (QED) is 0.0439. The van der Waals surface area contributed by atoms with Gasteiger partial charge in [0.25, 0.3) is 0 Å². The third-order valence-corrected chi connectivity index (χ3v) is 9.90. The Kier molecular flexibility index (Phi) is 21.5. The molecular formula is C46H68O3. The average molecular weight is 669 g/mol. The molecule has 0 spiro atoms. The van der Waals surface area contributed by atoms with Crippen molar-refractivity contribution in [3.05, 3.63) is 89.5 Å². The van der Waals surface area contributed by atoms with Crippen molar-refractivity contribution >= 4 is 5.97 Å². The first-order valence-corrected chi connectivity index (χ1v) is 20.2. The Labute approximate surface area is 300 Å². The maximum absolute atomic E-state index is 12.8. The molecule has 0 radical (unpaired) electrons. The lowest BCUT2D eigenvalue weighted by Gasteiger charge is -2.14. The van der Waals surface area contributed by atoms with Gasteiger partial charge in [-0.25, -0.2) is 4.79 Å². The molecule has 0 aliphatic carbocycles. The molecule has 270 valence electrons. The van der Waals surface area contributed by atoms with Crippen molar-refractivity contribution in [2.24, 2.45) is 0 Å². The van der Waals surface area contributed by atoms with Crippen LogP contribution in [-0.2, 0) is 11.2 Å². The van der Waals surface area contributed by atoms with Gasteiger partial charge in [-0.2, -0.15) is 0 Å². The van der Waals surface area contributed by atoms with Crippen molar-refractivity contribution in [1.82, 2.24) is 0 Å². The van der Waals surface area contributed by atoms with E-state index >= 15 is 0 Å². The summed E-state index contributed by atoms with van der Waals surface area (Å²) in [5.74, 6) is 0.210. The van der Waals surface area contributed by atoms with Gasteiger partial charge in [0.2, 0.25) is 0 Å². The van der Waals surface area contributed by atoms with Crippen LogP contribution in [0.25, 0.3) is 11.1 Å². The van der Waals surface area contributed by atoms with Gasteiger partial charge in [0, 0.05) is 6.61 Å². The number of ether oxygens (including phenoxy) is 2. The van der Waals surface area contributed by atoms with Crippen LogP contribution in [0.3, 0.4) is 0 Å². The van der Waals surface area contributed by atoms with Crippen LogP contribution in [0.5, 0.6) is 5.75 Å². The van der Waals surface area contributed by atoms with E-state index in [0.29, 0.717) is 11.3 Å². The molecule has 3 nitrogen and oxygen atoms in total. The Morgan fingerprint density at radius 2 is 0.939 bits per heavy atom. The first kappa shape index (κ1) is 40.5. The van der Waals surface area contributed by atoms with Crippen molar-refractivity contribution in [3.8, 4) is 16.9 Å². The van der Waals surface area contributed by atoms with E-state index in [4.69, 9.17) is 9.47 Å². The summed E-state index contributed by atoms with van der Waals surface area (Å²) in [4.78, 5) is 12.8. The minimum atomic E-state index is -0.343. The molecule has 3 rings (SSSR count). The summed E-state index contributed by atoms with van der Waals surface area (Å²) in [7, 11) is 0. The largest absolute Gasteiger partial charge is 0.423 e. The number of hydrogen-bond donors (Lipinski definition) is 0. The molecule has 1 atom stereocenters. The number of aryl methyl sites for hydroxylation is 1. The molecule has 0 saturated heterocycles. The summed E-state index contributed by atoms with van der Waals surface area (Å²) in [6, 6.07) is 24.3. The predicted molar refractivity (Wildman–Crippen MR) is 210 cm³/mol. The molecule has 0 fully saturated rings. The second kappa shape index (κ2) is 26.0. The molecule has 3 heteroatoms. The standard InChI is InChI=1S/C46H68O3/c1-4-6-8-10-11-12-13-14-15-16-17-18-19-20-22-24-38-48-39(3)41-30-32-44(33-31-41)46(47)49-45-36-34-43(35-37-45)42-28-26-40(27-29-42)25-23-21-9-7-5-2/h26-37,39H,4-25,38H2,1-3H3. The summed E-state index contributed by atoms with van der Waals surface area (Å²) in [6.45, 7) is 7.41. The third-order valence-electron chi connectivity index (χ3n) is 9.90. The van der Waals surface area contributed by atoms with Crippen LogP contribution >= 0.6 is 0 Å². The fraction of sp³-hybridized carbons (Fsp3) is 0.587. The molecule has 0 amide bonds. The minimum Gasteiger partial charge on any atom is -0.423 e. The molecule has 3 aromatic rings. The molecule has 0 aliphatic heterocycles. The Morgan fingerprint density at radius 1 is 0.510 bits per heavy atom. The normalized spacial score (nSPS) is 11.9. The van der Waals surface area contributed by atoms with Crippen LogP contribution < -0.4 is 4.74 Å². The lowest BCUT2D eigenvalue weighted by atomic mass is 10.0. The second-order valence-electron chi connectivity index (χ2n) is 14.2. The van der Waals surface area contributed by atoms with Crippen molar-refractivity contribution in [1.29, 1.82) is 0 Å². The van der Waals surface area contributed by atoms with Gasteiger partial charge in [-0.15, -0.1) is 0 Å². The molecule has 0 aromatic heterocycles. The average Bonchev–Trinajstić information content (AvgIpc) is 3.13. The zero-order valence-corrected chi connectivity index (χ0v) is 31.5. The molecule has 3 aromatic carbocycles. The van der Waals surface area contributed by atoms with Crippen LogP contribution in [0.4, 0.5) is 0 Å². The molecular weight excluding hydrogens is 601 g/mol. The number of benzene rings is 3. The van der Waals surface area contributed by atoms with Gasteiger partial charge in [0.1, 0.15) is 5.75 Å². The highest BCUT2D eigenvalue weighted by molar-refractivity contribution is 5.91. The highest BCUT2D eigenvalue weighted by atomic mass is 16.5. The van der Waals surface area contributed by atoms with Gasteiger partial charge in [0.15, 0.2) is 0 Å². The summed E-state index contributed by atoms with van der Waals surface area (Å²) in [6.07, 6.45) is 29.7. The second-order valence-corrected chi connectivity index (χ2v) is 14.2. The monoisotopic (exact) mass is 669 g/mol. The maximum atomic E-state index is 12.8. The zero-order valence-electron chi connectivity index (χ0n) is 31.5. The molecule has 0 saturated carbocycles. The van der Waals surface area contributed by atoms with E-state index in [1.165, 1.54) is 140 Å². The molecule has 0 aliphatic rings. The Balaban J connectivity index is 1.24. The van der Waals surface area contributed by atoms with Gasteiger partial charge in [-0.3, -0.25) is 0 Å². The minimum absolute atomic E-state index is 0.00816. The third kappa shape index (κ3) is 17.5. The highest BCUT2D eigenvalue weighted by Crippen LogP contribution is 2.25. The van der Waals surface area contributed by atoms with Crippen molar-refractivity contribution < 1.29 is 14.3 Å². The first-order chi connectivity index (χ1) is 24.1. The molecule has 0 heterocycles. The Hall–Kier alpha value is -2.91. The van der Waals surface area contributed by atoms with E-state index < -0.39 is 0 Å². The molecule has 1 unspecified atom stereocenters. The summed E-state index contributed by atoms with van der Waals surface area (Å²) in [5.41, 5.74) is 5.32. The Bertz CT molecular complexity index is 1230. The number of hydrogen-bond acceptors (Lipinski definition) is 3.